The van der Waals surface area contributed by atoms with Crippen LogP contribution in [0.4, 0.5) is 5.69 Å². The van der Waals surface area contributed by atoms with Gasteiger partial charge in [0.25, 0.3) is 0 Å². The molecule has 31 heavy (non-hydrogen) atoms. The Bertz CT molecular complexity index is 1270. The maximum absolute atomic E-state index is 12.9. The van der Waals surface area contributed by atoms with E-state index in [2.05, 4.69) is 15.5 Å². The van der Waals surface area contributed by atoms with E-state index in [-0.39, 0.29) is 23.4 Å². The summed E-state index contributed by atoms with van der Waals surface area (Å²) in [5, 5.41) is 12.0. The van der Waals surface area contributed by atoms with E-state index >= 15 is 0 Å². The number of furan rings is 1. The van der Waals surface area contributed by atoms with Crippen molar-refractivity contribution in [2.75, 3.05) is 11.1 Å². The second-order valence-electron chi connectivity index (χ2n) is 7.18. The number of fused-ring (bicyclic) bond motifs is 1. The quantitative estimate of drug-likeness (QED) is 0.356. The van der Waals surface area contributed by atoms with Crippen molar-refractivity contribution in [3.63, 3.8) is 0 Å². The molecule has 0 saturated carbocycles. The van der Waals surface area contributed by atoms with Crippen LogP contribution in [-0.4, -0.2) is 32.2 Å². The number of anilines is 1. The van der Waals surface area contributed by atoms with Crippen molar-refractivity contribution in [2.24, 2.45) is 0 Å². The lowest BCUT2D eigenvalue weighted by Gasteiger charge is -2.09. The average molecular weight is 430 g/mol. The number of ketones is 1. The zero-order valence-electron chi connectivity index (χ0n) is 16.6. The molecule has 0 aliphatic carbocycles. The predicted octanol–water partition coefficient (Wildman–Crippen LogP) is 4.56. The van der Waals surface area contributed by atoms with E-state index in [1.807, 2.05) is 47.9 Å². The molecule has 1 aliphatic rings. The largest absolute Gasteiger partial charge is 0.461 e. The number of Topliss-reactive ketones (excluding diaryl/α,β-unsaturated/α-hetero) is 1. The molecular weight excluding hydrogens is 412 g/mol. The van der Waals surface area contributed by atoms with Crippen LogP contribution in [0, 0.1) is 0 Å². The first kappa shape index (κ1) is 19.3. The molecule has 0 saturated heterocycles. The fourth-order valence-electron chi connectivity index (χ4n) is 3.54. The van der Waals surface area contributed by atoms with Gasteiger partial charge in [0, 0.05) is 16.9 Å². The van der Waals surface area contributed by atoms with Crippen molar-refractivity contribution < 1.29 is 14.0 Å². The highest BCUT2D eigenvalue weighted by Gasteiger charge is 2.27. The molecule has 1 atom stereocenters. The van der Waals surface area contributed by atoms with Gasteiger partial charge < -0.3 is 9.73 Å². The maximum Gasteiger partial charge on any atom is 0.231 e. The number of hydrogen-bond acceptors (Lipinski definition) is 6. The standard InChI is InChI=1S/C23H18N4O3S/c1-14-17-12-15(9-10-18(17)24-22(14)29)19(28)13-31-23-26-25-21(20-8-5-11-30-20)27(23)16-6-3-2-4-7-16/h2-12,14H,13H2,1H3,(H,24,29)/t14-/m1/s1. The molecule has 154 valence electrons. The van der Waals surface area contributed by atoms with E-state index in [4.69, 9.17) is 4.42 Å². The van der Waals surface area contributed by atoms with Crippen LogP contribution in [0.5, 0.6) is 0 Å². The van der Waals surface area contributed by atoms with E-state index in [1.165, 1.54) is 11.8 Å². The Hall–Kier alpha value is -3.65. The summed E-state index contributed by atoms with van der Waals surface area (Å²) in [7, 11) is 0. The van der Waals surface area contributed by atoms with Crippen molar-refractivity contribution in [2.45, 2.75) is 18.0 Å². The van der Waals surface area contributed by atoms with Gasteiger partial charge in [0.1, 0.15) is 0 Å². The number of para-hydroxylation sites is 1. The zero-order chi connectivity index (χ0) is 21.4. The van der Waals surface area contributed by atoms with Gasteiger partial charge in [-0.05, 0) is 55.0 Å². The van der Waals surface area contributed by atoms with Crippen LogP contribution in [0.3, 0.4) is 0 Å². The van der Waals surface area contributed by atoms with Crippen LogP contribution in [0.1, 0.15) is 28.8 Å². The molecule has 0 bridgehead atoms. The summed E-state index contributed by atoms with van der Waals surface area (Å²) in [5.41, 5.74) is 3.08. The lowest BCUT2D eigenvalue weighted by molar-refractivity contribution is -0.116. The molecular formula is C23H18N4O3S. The van der Waals surface area contributed by atoms with Gasteiger partial charge in [0.2, 0.25) is 11.7 Å². The van der Waals surface area contributed by atoms with E-state index in [9.17, 15) is 9.59 Å². The molecule has 1 aliphatic heterocycles. The molecule has 0 radical (unpaired) electrons. The second kappa shape index (κ2) is 7.88. The number of carbonyl (C=O) groups excluding carboxylic acids is 2. The van der Waals surface area contributed by atoms with Crippen LogP contribution in [0.15, 0.2) is 76.5 Å². The summed E-state index contributed by atoms with van der Waals surface area (Å²) >= 11 is 1.31. The number of carbonyl (C=O) groups is 2. The van der Waals surface area contributed by atoms with Gasteiger partial charge in [-0.2, -0.15) is 0 Å². The highest BCUT2D eigenvalue weighted by molar-refractivity contribution is 7.99. The number of hydrogen-bond donors (Lipinski definition) is 1. The van der Waals surface area contributed by atoms with Crippen molar-refractivity contribution in [3.8, 4) is 17.3 Å². The number of aromatic nitrogens is 3. The monoisotopic (exact) mass is 430 g/mol. The van der Waals surface area contributed by atoms with Gasteiger partial charge in [-0.15, -0.1) is 10.2 Å². The molecule has 7 nitrogen and oxygen atoms in total. The molecule has 3 heterocycles. The highest BCUT2D eigenvalue weighted by atomic mass is 32.2. The number of thioether (sulfide) groups is 1. The van der Waals surface area contributed by atoms with Crippen LogP contribution < -0.4 is 5.32 Å². The van der Waals surface area contributed by atoms with Crippen LogP contribution in [0.2, 0.25) is 0 Å². The van der Waals surface area contributed by atoms with Crippen LogP contribution in [-0.2, 0) is 4.79 Å². The van der Waals surface area contributed by atoms with Gasteiger partial charge in [0.15, 0.2) is 16.7 Å². The van der Waals surface area contributed by atoms with E-state index in [1.54, 1.807) is 30.5 Å². The second-order valence-corrected chi connectivity index (χ2v) is 8.12. The first-order valence-corrected chi connectivity index (χ1v) is 10.8. The Morgan fingerprint density at radius 3 is 2.74 bits per heavy atom. The summed E-state index contributed by atoms with van der Waals surface area (Å²) in [6.07, 6.45) is 1.59. The van der Waals surface area contributed by atoms with E-state index in [0.29, 0.717) is 22.3 Å². The molecule has 5 rings (SSSR count). The molecule has 0 unspecified atom stereocenters. The predicted molar refractivity (Wildman–Crippen MR) is 118 cm³/mol. The molecule has 2 aromatic heterocycles. The van der Waals surface area contributed by atoms with Crippen LogP contribution in [0.25, 0.3) is 17.3 Å². The zero-order valence-corrected chi connectivity index (χ0v) is 17.4. The summed E-state index contributed by atoms with van der Waals surface area (Å²) in [5.74, 6) is 1.02. The number of benzene rings is 2. The minimum absolute atomic E-state index is 0.0403. The lowest BCUT2D eigenvalue weighted by Crippen LogP contribution is -2.08. The van der Waals surface area contributed by atoms with Crippen molar-refractivity contribution in [1.29, 1.82) is 0 Å². The molecule has 0 fully saturated rings. The minimum atomic E-state index is -0.257. The fourth-order valence-corrected chi connectivity index (χ4v) is 4.39. The maximum atomic E-state index is 12.9. The fraction of sp³-hybridized carbons (Fsp3) is 0.130. The molecule has 2 aromatic carbocycles. The van der Waals surface area contributed by atoms with Gasteiger partial charge in [0.05, 0.1) is 17.9 Å². The van der Waals surface area contributed by atoms with Gasteiger partial charge in [-0.3, -0.25) is 14.2 Å². The molecule has 8 heteroatoms. The van der Waals surface area contributed by atoms with Crippen molar-refractivity contribution in [1.82, 2.24) is 14.8 Å². The Kier molecular flexibility index (Phi) is 4.91. The summed E-state index contributed by atoms with van der Waals surface area (Å²) < 4.78 is 7.40. The normalized spacial score (nSPS) is 15.0. The number of nitrogens with zero attached hydrogens (tertiary/aromatic N) is 3. The first-order chi connectivity index (χ1) is 15.1. The summed E-state index contributed by atoms with van der Waals surface area (Å²) in [6, 6.07) is 18.7. The highest BCUT2D eigenvalue weighted by Crippen LogP contribution is 2.33. The van der Waals surface area contributed by atoms with Crippen LogP contribution >= 0.6 is 11.8 Å². The van der Waals surface area contributed by atoms with Crippen molar-refractivity contribution in [3.05, 3.63) is 78.1 Å². The average Bonchev–Trinajstić information content (AvgIpc) is 3.52. The van der Waals surface area contributed by atoms with Gasteiger partial charge >= 0.3 is 0 Å². The Morgan fingerprint density at radius 2 is 1.97 bits per heavy atom. The summed E-state index contributed by atoms with van der Waals surface area (Å²) in [6.45, 7) is 1.84. The Morgan fingerprint density at radius 1 is 1.13 bits per heavy atom. The van der Waals surface area contributed by atoms with Crippen molar-refractivity contribution >= 4 is 29.1 Å². The smallest absolute Gasteiger partial charge is 0.231 e. The van der Waals surface area contributed by atoms with Gasteiger partial charge in [-0.25, -0.2) is 0 Å². The Balaban J connectivity index is 1.41. The number of amides is 1. The number of rotatable bonds is 6. The molecule has 1 amide bonds. The molecule has 1 N–H and O–H groups in total. The Labute approximate surface area is 182 Å². The lowest BCUT2D eigenvalue weighted by atomic mass is 9.99. The number of nitrogens with one attached hydrogen (secondary N) is 1. The van der Waals surface area contributed by atoms with Gasteiger partial charge in [-0.1, -0.05) is 30.0 Å². The third-order valence-corrected chi connectivity index (χ3v) is 6.14. The van der Waals surface area contributed by atoms with E-state index in [0.717, 1.165) is 16.9 Å². The third-order valence-electron chi connectivity index (χ3n) is 5.21. The molecule has 0 spiro atoms. The summed E-state index contributed by atoms with van der Waals surface area (Å²) in [4.78, 5) is 24.8. The van der Waals surface area contributed by atoms with E-state index < -0.39 is 0 Å². The molecule has 4 aromatic rings. The topological polar surface area (TPSA) is 90.0 Å². The third kappa shape index (κ3) is 3.55. The first-order valence-electron chi connectivity index (χ1n) is 9.77. The minimum Gasteiger partial charge on any atom is -0.461 e. The SMILES string of the molecule is C[C@H]1C(=O)Nc2ccc(C(=O)CSc3nnc(-c4ccco4)n3-c3ccccc3)cc21.